The molecule has 1 rings (SSSR count). The van der Waals surface area contributed by atoms with Crippen LogP contribution in [0.25, 0.3) is 0 Å². The third-order valence-corrected chi connectivity index (χ3v) is 2.14. The molecule has 1 saturated carbocycles. The zero-order chi connectivity index (χ0) is 7.99. The fourth-order valence-corrected chi connectivity index (χ4v) is 1.08. The molecule has 2 unspecified atom stereocenters. The van der Waals surface area contributed by atoms with Crippen LogP contribution in [0.4, 0.5) is 13.2 Å². The summed E-state index contributed by atoms with van der Waals surface area (Å²) < 4.78 is 41.2. The first-order valence-corrected chi connectivity index (χ1v) is 3.08. The highest BCUT2D eigenvalue weighted by atomic mass is 35.5. The second kappa shape index (κ2) is 2.01. The molecule has 0 spiro atoms. The second-order valence-electron chi connectivity index (χ2n) is 2.26. The molecule has 0 aromatic heterocycles. The first-order chi connectivity index (χ1) is 4.42. The molecule has 0 saturated heterocycles. The van der Waals surface area contributed by atoms with Gasteiger partial charge in [-0.1, -0.05) is 11.6 Å². The molecule has 0 aromatic carbocycles. The Hall–Kier alpha value is 0.0400. The number of rotatable bonds is 1. The van der Waals surface area contributed by atoms with Gasteiger partial charge in [-0.15, -0.1) is 0 Å². The predicted molar refractivity (Wildman–Crippen MR) is 30.1 cm³/mol. The Morgan fingerprint density at radius 3 is 2.10 bits per heavy atom. The van der Waals surface area contributed by atoms with E-state index in [1.54, 1.807) is 0 Å². The number of halogens is 4. The lowest BCUT2D eigenvalue weighted by molar-refractivity contribution is -0.240. The van der Waals surface area contributed by atoms with Crippen LogP contribution in [0.1, 0.15) is 6.42 Å². The Morgan fingerprint density at radius 1 is 1.50 bits per heavy atom. The molecule has 60 valence electrons. The Morgan fingerprint density at radius 2 is 2.00 bits per heavy atom. The van der Waals surface area contributed by atoms with Crippen molar-refractivity contribution in [3.63, 3.8) is 0 Å². The summed E-state index contributed by atoms with van der Waals surface area (Å²) in [4.78, 5) is 0. The van der Waals surface area contributed by atoms with E-state index in [0.717, 1.165) is 7.11 Å². The van der Waals surface area contributed by atoms with Crippen LogP contribution < -0.4 is 0 Å². The Bertz CT molecular complexity index is 148. The van der Waals surface area contributed by atoms with Crippen molar-refractivity contribution in [1.29, 1.82) is 0 Å². The van der Waals surface area contributed by atoms with Crippen LogP contribution in [0.3, 0.4) is 0 Å². The number of hydrogen-bond acceptors (Lipinski definition) is 1. The highest BCUT2D eigenvalue weighted by molar-refractivity contribution is 6.24. The number of methoxy groups -OCH3 is 1. The van der Waals surface area contributed by atoms with Crippen molar-refractivity contribution in [2.24, 2.45) is 0 Å². The van der Waals surface area contributed by atoms with E-state index in [4.69, 9.17) is 11.6 Å². The van der Waals surface area contributed by atoms with Gasteiger partial charge in [-0.2, -0.15) is 0 Å². The van der Waals surface area contributed by atoms with E-state index < -0.39 is 23.6 Å². The monoisotopic (exact) mass is 174 g/mol. The normalized spacial score (nSPS) is 44.7. The summed E-state index contributed by atoms with van der Waals surface area (Å²) >= 11 is 4.82. The number of hydrogen-bond donors (Lipinski definition) is 0. The molecule has 0 radical (unpaired) electrons. The Kier molecular flexibility index (Phi) is 1.64. The van der Waals surface area contributed by atoms with Crippen LogP contribution in [0, 0.1) is 0 Å². The van der Waals surface area contributed by atoms with Crippen LogP contribution in [0.15, 0.2) is 0 Å². The summed E-state index contributed by atoms with van der Waals surface area (Å²) in [5.41, 5.74) is 0. The van der Waals surface area contributed by atoms with Crippen LogP contribution in [-0.4, -0.2) is 24.3 Å². The summed E-state index contributed by atoms with van der Waals surface area (Å²) in [6.45, 7) is 0. The number of alkyl halides is 4. The van der Waals surface area contributed by atoms with E-state index in [2.05, 4.69) is 4.74 Å². The summed E-state index contributed by atoms with van der Waals surface area (Å²) in [7, 11) is 1.15. The average molecular weight is 175 g/mol. The Labute approximate surface area is 61.1 Å². The molecule has 1 aliphatic carbocycles. The molecule has 0 aromatic rings. The predicted octanol–water partition coefficient (Wildman–Crippen LogP) is 1.95. The van der Waals surface area contributed by atoms with Crippen molar-refractivity contribution in [1.82, 2.24) is 0 Å². The van der Waals surface area contributed by atoms with E-state index in [9.17, 15) is 13.2 Å². The van der Waals surface area contributed by atoms with Crippen molar-refractivity contribution < 1.29 is 17.9 Å². The lowest BCUT2D eigenvalue weighted by atomic mass is 9.87. The maximum atomic E-state index is 12.5. The lowest BCUT2D eigenvalue weighted by Crippen LogP contribution is -2.62. The summed E-state index contributed by atoms with van der Waals surface area (Å²) in [5.74, 6) is -3.44. The largest absolute Gasteiger partial charge is 0.376 e. The van der Waals surface area contributed by atoms with Crippen molar-refractivity contribution in [2.75, 3.05) is 7.11 Å². The standard InChI is InChI=1S/C5H6ClF3O/c1-10-3-2-4(7,8)5(3,6)9/h3H,2H2,1H3. The number of ether oxygens (including phenoxy) is 1. The third kappa shape index (κ3) is 0.820. The SMILES string of the molecule is COC1CC(F)(F)C1(F)Cl. The van der Waals surface area contributed by atoms with E-state index in [1.807, 2.05) is 0 Å². The topological polar surface area (TPSA) is 9.23 Å². The molecule has 1 nitrogen and oxygen atoms in total. The maximum absolute atomic E-state index is 12.5. The van der Waals surface area contributed by atoms with Gasteiger partial charge in [0.15, 0.2) is 0 Å². The summed E-state index contributed by atoms with van der Waals surface area (Å²) in [5, 5.41) is -3.00. The van der Waals surface area contributed by atoms with Gasteiger partial charge in [0, 0.05) is 13.5 Å². The highest BCUT2D eigenvalue weighted by Crippen LogP contribution is 2.53. The second-order valence-corrected chi connectivity index (χ2v) is 2.81. The van der Waals surface area contributed by atoms with Gasteiger partial charge < -0.3 is 4.74 Å². The molecule has 0 aliphatic heterocycles. The van der Waals surface area contributed by atoms with Crippen molar-refractivity contribution in [3.05, 3.63) is 0 Å². The zero-order valence-electron chi connectivity index (χ0n) is 5.20. The van der Waals surface area contributed by atoms with Crippen molar-refractivity contribution in [2.45, 2.75) is 23.6 Å². The van der Waals surface area contributed by atoms with Gasteiger partial charge >= 0.3 is 5.92 Å². The van der Waals surface area contributed by atoms with Crippen molar-refractivity contribution in [3.8, 4) is 0 Å². The smallest absolute Gasteiger partial charge is 0.300 e. The van der Waals surface area contributed by atoms with E-state index >= 15 is 0 Å². The fraction of sp³-hybridized carbons (Fsp3) is 1.00. The zero-order valence-corrected chi connectivity index (χ0v) is 5.96. The molecule has 1 fully saturated rings. The lowest BCUT2D eigenvalue weighted by Gasteiger charge is -2.44. The first kappa shape index (κ1) is 8.14. The van der Waals surface area contributed by atoms with Gasteiger partial charge in [0.25, 0.3) is 5.13 Å². The summed E-state index contributed by atoms with van der Waals surface area (Å²) in [6, 6.07) is 0. The van der Waals surface area contributed by atoms with Gasteiger partial charge in [0.05, 0.1) is 0 Å². The molecule has 0 amide bonds. The van der Waals surface area contributed by atoms with E-state index in [0.29, 0.717) is 0 Å². The molecule has 2 atom stereocenters. The fourth-order valence-electron chi connectivity index (χ4n) is 0.833. The minimum Gasteiger partial charge on any atom is -0.376 e. The van der Waals surface area contributed by atoms with Crippen LogP contribution in [0.5, 0.6) is 0 Å². The molecule has 0 heterocycles. The molecule has 5 heteroatoms. The molecule has 1 aliphatic rings. The van der Waals surface area contributed by atoms with Gasteiger partial charge in [0.2, 0.25) is 0 Å². The van der Waals surface area contributed by atoms with Gasteiger partial charge in [0.1, 0.15) is 6.10 Å². The van der Waals surface area contributed by atoms with Gasteiger partial charge in [-0.3, -0.25) is 0 Å². The average Bonchev–Trinajstić information content (AvgIpc) is 1.83. The Balaban J connectivity index is 2.65. The molecular weight excluding hydrogens is 169 g/mol. The molecule has 0 N–H and O–H groups in total. The minimum atomic E-state index is -3.44. The molecule has 10 heavy (non-hydrogen) atoms. The van der Waals surface area contributed by atoms with Crippen molar-refractivity contribution >= 4 is 11.6 Å². The van der Waals surface area contributed by atoms with Crippen LogP contribution in [-0.2, 0) is 4.74 Å². The van der Waals surface area contributed by atoms with E-state index in [-0.39, 0.29) is 0 Å². The highest BCUT2D eigenvalue weighted by Gasteiger charge is 2.70. The quantitative estimate of drug-likeness (QED) is 0.552. The van der Waals surface area contributed by atoms with Crippen LogP contribution in [0.2, 0.25) is 0 Å². The molecule has 0 bridgehead atoms. The van der Waals surface area contributed by atoms with E-state index in [1.165, 1.54) is 0 Å². The minimum absolute atomic E-state index is 0.635. The molecular formula is C5H6ClF3O. The van der Waals surface area contributed by atoms with Gasteiger partial charge in [-0.05, 0) is 0 Å². The third-order valence-electron chi connectivity index (χ3n) is 1.62. The first-order valence-electron chi connectivity index (χ1n) is 2.70. The van der Waals surface area contributed by atoms with Crippen LogP contribution >= 0.6 is 11.6 Å². The van der Waals surface area contributed by atoms with Gasteiger partial charge in [-0.25, -0.2) is 13.2 Å². The summed E-state index contributed by atoms with van der Waals surface area (Å²) in [6.07, 6.45) is -1.81. The maximum Gasteiger partial charge on any atom is 0.300 e.